The van der Waals surface area contributed by atoms with Crippen molar-refractivity contribution in [3.63, 3.8) is 0 Å². The molecule has 0 bridgehead atoms. The van der Waals surface area contributed by atoms with Crippen LogP contribution in [-0.2, 0) is 18.5 Å². The zero-order valence-electron chi connectivity index (χ0n) is 29.9. The molecule has 3 aromatic carbocycles. The molecule has 11 heteroatoms. The first-order valence-electron chi connectivity index (χ1n) is 17.5. The molecule has 2 aliphatic heterocycles. The van der Waals surface area contributed by atoms with Crippen molar-refractivity contribution in [2.75, 3.05) is 64.3 Å². The minimum atomic E-state index is -0.907. The third kappa shape index (κ3) is 8.23. The largest absolute Gasteiger partial charge is 0.355 e. The number of aryl methyl sites for hydroxylation is 1. The SMILES string of the molecule is Cc1ccc(-n2nc(C(C)(C)C)cc2N(C(=O)NF)c2cccc(CN3CCN(C(=O)c4ccc(CN5CCN(C)CC5)cc4)CC3)c2)cc1. The number of amides is 3. The molecule has 0 radical (unpaired) electrons. The Morgan fingerprint density at radius 1 is 0.800 bits per heavy atom. The van der Waals surface area contributed by atoms with Crippen LogP contribution in [0.1, 0.15) is 53.5 Å². The number of halogens is 1. The molecular weight excluding hydrogens is 631 g/mol. The molecule has 0 saturated carbocycles. The van der Waals surface area contributed by atoms with E-state index in [0.717, 1.165) is 73.9 Å². The second-order valence-corrected chi connectivity index (χ2v) is 14.6. The number of urea groups is 1. The second-order valence-electron chi connectivity index (χ2n) is 14.6. The molecule has 3 heterocycles. The van der Waals surface area contributed by atoms with Gasteiger partial charge in [0.25, 0.3) is 5.91 Å². The van der Waals surface area contributed by atoms with Gasteiger partial charge in [0.15, 0.2) is 0 Å². The van der Waals surface area contributed by atoms with Gasteiger partial charge >= 0.3 is 6.03 Å². The predicted octanol–water partition coefficient (Wildman–Crippen LogP) is 5.92. The van der Waals surface area contributed by atoms with Gasteiger partial charge in [-0.2, -0.15) is 10.6 Å². The van der Waals surface area contributed by atoms with E-state index in [1.165, 1.54) is 16.0 Å². The summed E-state index contributed by atoms with van der Waals surface area (Å²) in [6.45, 7) is 16.7. The van der Waals surface area contributed by atoms with Gasteiger partial charge in [0.2, 0.25) is 0 Å². The van der Waals surface area contributed by atoms with E-state index in [4.69, 9.17) is 5.10 Å². The summed E-state index contributed by atoms with van der Waals surface area (Å²) in [6.07, 6.45) is 0. The zero-order valence-corrected chi connectivity index (χ0v) is 29.9. The van der Waals surface area contributed by atoms with Crippen molar-refractivity contribution < 1.29 is 14.1 Å². The van der Waals surface area contributed by atoms with Crippen LogP contribution >= 0.6 is 0 Å². The molecule has 0 aliphatic carbocycles. The molecule has 0 atom stereocenters. The summed E-state index contributed by atoms with van der Waals surface area (Å²) in [7, 11) is 2.16. The Labute approximate surface area is 295 Å². The van der Waals surface area contributed by atoms with Crippen molar-refractivity contribution in [1.82, 2.24) is 34.9 Å². The highest BCUT2D eigenvalue weighted by atomic mass is 19.2. The van der Waals surface area contributed by atoms with E-state index in [2.05, 4.69) is 54.7 Å². The van der Waals surface area contributed by atoms with Gasteiger partial charge in [0.05, 0.1) is 17.1 Å². The first kappa shape index (κ1) is 35.3. The molecule has 6 rings (SSSR count). The van der Waals surface area contributed by atoms with Crippen molar-refractivity contribution in [3.05, 3.63) is 107 Å². The lowest BCUT2D eigenvalue weighted by atomic mass is 9.92. The minimum absolute atomic E-state index is 0.0606. The first-order valence-corrected chi connectivity index (χ1v) is 17.5. The number of aromatic nitrogens is 2. The highest BCUT2D eigenvalue weighted by Crippen LogP contribution is 2.33. The van der Waals surface area contributed by atoms with E-state index in [9.17, 15) is 14.1 Å². The maximum atomic E-state index is 13.9. The van der Waals surface area contributed by atoms with Gasteiger partial charge in [-0.05, 0) is 61.5 Å². The molecule has 264 valence electrons. The lowest BCUT2D eigenvalue weighted by molar-refractivity contribution is 0.0628. The van der Waals surface area contributed by atoms with Gasteiger partial charge in [-0.1, -0.05) is 67.2 Å². The Morgan fingerprint density at radius 2 is 1.42 bits per heavy atom. The van der Waals surface area contributed by atoms with E-state index >= 15 is 0 Å². The third-order valence-electron chi connectivity index (χ3n) is 9.69. The van der Waals surface area contributed by atoms with Gasteiger partial charge in [0.1, 0.15) is 5.82 Å². The molecule has 4 aromatic rings. The van der Waals surface area contributed by atoms with Gasteiger partial charge in [-0.15, -0.1) is 0 Å². The van der Waals surface area contributed by atoms with E-state index in [1.807, 2.05) is 72.5 Å². The molecule has 2 aliphatic rings. The average molecular weight is 681 g/mol. The van der Waals surface area contributed by atoms with E-state index in [1.54, 1.807) is 10.7 Å². The summed E-state index contributed by atoms with van der Waals surface area (Å²) in [5.74, 6) is 0.496. The number of benzene rings is 3. The highest BCUT2D eigenvalue weighted by molar-refractivity contribution is 5.98. The fourth-order valence-electron chi connectivity index (χ4n) is 6.53. The Kier molecular flexibility index (Phi) is 10.7. The Balaban J connectivity index is 1.13. The first-order chi connectivity index (χ1) is 24.0. The summed E-state index contributed by atoms with van der Waals surface area (Å²) in [5.41, 5.74) is 7.13. The summed E-state index contributed by atoms with van der Waals surface area (Å²) < 4.78 is 15.6. The van der Waals surface area contributed by atoms with Gasteiger partial charge in [-0.25, -0.2) is 14.4 Å². The number of nitrogens with one attached hydrogen (secondary N) is 1. The third-order valence-corrected chi connectivity index (χ3v) is 9.69. The van der Waals surface area contributed by atoms with Crippen molar-refractivity contribution >= 4 is 23.4 Å². The Bertz CT molecular complexity index is 1770. The Morgan fingerprint density at radius 3 is 2.04 bits per heavy atom. The summed E-state index contributed by atoms with van der Waals surface area (Å²) >= 11 is 0. The standard InChI is InChI=1S/C39H49FN8O2/c1-29-9-15-33(16-10-29)48-36(26-35(42-48)39(2,3)4)47(38(50)41-40)34-8-6-7-31(25-34)28-45-21-23-46(24-22-45)37(49)32-13-11-30(12-14-32)27-44-19-17-43(5)18-20-44/h6-16,25-26H,17-24,27-28H2,1-5H3,(H,41,50). The van der Waals surface area contributed by atoms with Crippen LogP contribution in [0.2, 0.25) is 0 Å². The number of likely N-dealkylation sites (N-methyl/N-ethyl adjacent to an activating group) is 1. The number of hydrogen-bond acceptors (Lipinski definition) is 6. The van der Waals surface area contributed by atoms with Gasteiger partial charge in [-0.3, -0.25) is 14.6 Å². The number of carbonyl (C=O) groups excluding carboxylic acids is 2. The Hall–Kier alpha value is -4.58. The van der Waals surface area contributed by atoms with Crippen molar-refractivity contribution in [2.45, 2.75) is 46.2 Å². The van der Waals surface area contributed by atoms with Crippen LogP contribution in [0.3, 0.4) is 0 Å². The fraction of sp³-hybridized carbons (Fsp3) is 0.410. The molecule has 0 unspecified atom stereocenters. The number of carbonyl (C=O) groups is 2. The molecule has 2 fully saturated rings. The van der Waals surface area contributed by atoms with E-state index in [0.29, 0.717) is 31.1 Å². The van der Waals surface area contributed by atoms with Crippen LogP contribution in [0, 0.1) is 6.92 Å². The normalized spacial score (nSPS) is 16.4. The fourth-order valence-corrected chi connectivity index (χ4v) is 6.53. The predicted molar refractivity (Wildman–Crippen MR) is 196 cm³/mol. The topological polar surface area (TPSA) is 80.2 Å². The summed E-state index contributed by atoms with van der Waals surface area (Å²) in [5, 5.41) is 4.86. The summed E-state index contributed by atoms with van der Waals surface area (Å²) in [4.78, 5) is 36.9. The number of nitrogens with zero attached hydrogens (tertiary/aromatic N) is 7. The molecule has 10 nitrogen and oxygen atoms in total. The van der Waals surface area contributed by atoms with E-state index < -0.39 is 6.03 Å². The van der Waals surface area contributed by atoms with E-state index in [-0.39, 0.29) is 11.3 Å². The molecule has 0 spiro atoms. The molecule has 1 N–H and O–H groups in total. The zero-order chi connectivity index (χ0) is 35.4. The molecule has 2 saturated heterocycles. The molecule has 1 aromatic heterocycles. The van der Waals surface area contributed by atoms with Crippen molar-refractivity contribution in [3.8, 4) is 5.69 Å². The van der Waals surface area contributed by atoms with Crippen LogP contribution in [0.4, 0.5) is 20.8 Å². The minimum Gasteiger partial charge on any atom is -0.336 e. The molecular formula is C39H49FN8O2. The maximum Gasteiger partial charge on any atom is 0.355 e. The molecule has 3 amide bonds. The van der Waals surface area contributed by atoms with Gasteiger partial charge < -0.3 is 9.80 Å². The number of piperazine rings is 2. The second kappa shape index (κ2) is 15.1. The quantitative estimate of drug-likeness (QED) is 0.233. The van der Waals surface area contributed by atoms with Crippen molar-refractivity contribution in [1.29, 1.82) is 0 Å². The van der Waals surface area contributed by atoms with Crippen LogP contribution in [0.25, 0.3) is 5.69 Å². The van der Waals surface area contributed by atoms with Crippen LogP contribution in [0.15, 0.2) is 78.9 Å². The molecule has 50 heavy (non-hydrogen) atoms. The van der Waals surface area contributed by atoms with Crippen LogP contribution in [-0.4, -0.2) is 101 Å². The average Bonchev–Trinajstić information content (AvgIpc) is 3.56. The monoisotopic (exact) mass is 680 g/mol. The number of anilines is 2. The van der Waals surface area contributed by atoms with Gasteiger partial charge in [0, 0.05) is 82.5 Å². The van der Waals surface area contributed by atoms with Crippen LogP contribution < -0.4 is 10.4 Å². The van der Waals surface area contributed by atoms with Crippen molar-refractivity contribution in [2.24, 2.45) is 0 Å². The van der Waals surface area contributed by atoms with Crippen LogP contribution in [0.5, 0.6) is 0 Å². The number of hydrogen-bond donors (Lipinski definition) is 1. The maximum absolute atomic E-state index is 13.9. The smallest absolute Gasteiger partial charge is 0.336 e. The lowest BCUT2D eigenvalue weighted by Crippen LogP contribution is -2.48. The number of rotatable bonds is 8. The lowest BCUT2D eigenvalue weighted by Gasteiger charge is -2.35. The highest BCUT2D eigenvalue weighted by Gasteiger charge is 2.29. The summed E-state index contributed by atoms with van der Waals surface area (Å²) in [6, 6.07) is 24.5.